The summed E-state index contributed by atoms with van der Waals surface area (Å²) >= 11 is 1.25. The number of anilines is 1. The van der Waals surface area contributed by atoms with Crippen LogP contribution in [0.25, 0.3) is 17.3 Å². The van der Waals surface area contributed by atoms with Gasteiger partial charge in [-0.3, -0.25) is 14.9 Å². The number of nitrogens with zero attached hydrogens (tertiary/aromatic N) is 1. The molecule has 160 valence electrons. The molecular weight excluding hydrogens is 438 g/mol. The molecule has 1 aliphatic rings. The average Bonchev–Trinajstić information content (AvgIpc) is 3.20. The highest BCUT2D eigenvalue weighted by Gasteiger charge is 2.27. The molecule has 1 saturated carbocycles. The number of nitrogens with one attached hydrogen (secondary N) is 3. The van der Waals surface area contributed by atoms with Crippen molar-refractivity contribution in [3.05, 3.63) is 59.2 Å². The van der Waals surface area contributed by atoms with Crippen LogP contribution in [0.1, 0.15) is 28.9 Å². The summed E-state index contributed by atoms with van der Waals surface area (Å²) in [5, 5.41) is 4.82. The van der Waals surface area contributed by atoms with E-state index in [-0.39, 0.29) is 22.5 Å². The number of nitrogens with two attached hydrogens (primary N) is 1. The van der Waals surface area contributed by atoms with Gasteiger partial charge < -0.3 is 10.7 Å². The Kier molecular flexibility index (Phi) is 5.72. The highest BCUT2D eigenvalue weighted by Crippen LogP contribution is 2.25. The summed E-state index contributed by atoms with van der Waals surface area (Å²) in [5.74, 6) is -0.940. The van der Waals surface area contributed by atoms with Gasteiger partial charge in [-0.15, -0.1) is 11.3 Å². The Morgan fingerprint density at radius 1 is 1.23 bits per heavy atom. The Morgan fingerprint density at radius 3 is 2.61 bits per heavy atom. The SMILES string of the molecule is NC(=O)c1cc(-c2csc(NC(=O)/C=C/c3ccc(S(=O)(=O)NC4CC4)cc3)n2)c[nH]1. The van der Waals surface area contributed by atoms with E-state index in [1.54, 1.807) is 35.9 Å². The zero-order valence-electron chi connectivity index (χ0n) is 16.2. The first-order valence-electron chi connectivity index (χ1n) is 9.36. The average molecular weight is 458 g/mol. The smallest absolute Gasteiger partial charge is 0.265 e. The van der Waals surface area contributed by atoms with Crippen LogP contribution in [0, 0.1) is 0 Å². The molecule has 0 atom stereocenters. The van der Waals surface area contributed by atoms with Crippen LogP contribution in [0.3, 0.4) is 0 Å². The number of carbonyl (C=O) groups excluding carboxylic acids is 2. The topological polar surface area (TPSA) is 147 Å². The van der Waals surface area contributed by atoms with E-state index in [4.69, 9.17) is 5.73 Å². The number of hydrogen-bond donors (Lipinski definition) is 4. The maximum absolute atomic E-state index is 12.2. The summed E-state index contributed by atoms with van der Waals surface area (Å²) < 4.78 is 27.0. The third-order valence-electron chi connectivity index (χ3n) is 4.50. The lowest BCUT2D eigenvalue weighted by Crippen LogP contribution is -2.25. The molecule has 2 amide bonds. The second-order valence-corrected chi connectivity index (χ2v) is 9.56. The number of carbonyl (C=O) groups is 2. The number of aromatic amines is 1. The summed E-state index contributed by atoms with van der Waals surface area (Å²) in [5.41, 5.74) is 7.48. The van der Waals surface area contributed by atoms with Crippen LogP contribution in [0.5, 0.6) is 0 Å². The molecule has 0 unspecified atom stereocenters. The number of H-pyrrole nitrogens is 1. The molecule has 0 radical (unpaired) electrons. The van der Waals surface area contributed by atoms with Crippen LogP contribution >= 0.6 is 11.3 Å². The van der Waals surface area contributed by atoms with E-state index in [2.05, 4.69) is 20.0 Å². The number of rotatable bonds is 8. The van der Waals surface area contributed by atoms with E-state index in [0.29, 0.717) is 22.0 Å². The van der Waals surface area contributed by atoms with Gasteiger partial charge in [-0.25, -0.2) is 18.1 Å². The molecule has 3 aromatic rings. The molecule has 1 aliphatic carbocycles. The molecule has 0 aliphatic heterocycles. The van der Waals surface area contributed by atoms with Crippen molar-refractivity contribution in [1.29, 1.82) is 0 Å². The Morgan fingerprint density at radius 2 is 1.97 bits per heavy atom. The molecular formula is C20H19N5O4S2. The number of sulfonamides is 1. The van der Waals surface area contributed by atoms with Gasteiger partial charge >= 0.3 is 0 Å². The van der Waals surface area contributed by atoms with Gasteiger partial charge in [-0.05, 0) is 42.7 Å². The van der Waals surface area contributed by atoms with E-state index in [0.717, 1.165) is 12.8 Å². The molecule has 1 fully saturated rings. The Bertz CT molecular complexity index is 1250. The van der Waals surface area contributed by atoms with Crippen LogP contribution in [0.15, 0.2) is 52.9 Å². The van der Waals surface area contributed by atoms with Crippen molar-refractivity contribution >= 4 is 44.4 Å². The summed E-state index contributed by atoms with van der Waals surface area (Å²) in [6, 6.07) is 7.91. The molecule has 4 rings (SSSR count). The minimum absolute atomic E-state index is 0.0436. The predicted molar refractivity (Wildman–Crippen MR) is 118 cm³/mol. The molecule has 5 N–H and O–H groups in total. The van der Waals surface area contributed by atoms with Crippen LogP contribution < -0.4 is 15.8 Å². The zero-order valence-corrected chi connectivity index (χ0v) is 17.8. The van der Waals surface area contributed by atoms with Gasteiger partial charge in [0.15, 0.2) is 5.13 Å². The van der Waals surface area contributed by atoms with Gasteiger partial charge in [0.25, 0.3) is 5.91 Å². The Hall–Kier alpha value is -3.28. The number of thiazole rings is 1. The summed E-state index contributed by atoms with van der Waals surface area (Å²) in [6.07, 6.45) is 6.28. The predicted octanol–water partition coefficient (Wildman–Crippen LogP) is 2.33. The largest absolute Gasteiger partial charge is 0.364 e. The highest BCUT2D eigenvalue weighted by atomic mass is 32.2. The first-order chi connectivity index (χ1) is 14.8. The zero-order chi connectivity index (χ0) is 22.0. The molecule has 31 heavy (non-hydrogen) atoms. The Balaban J connectivity index is 1.36. The van der Waals surface area contributed by atoms with E-state index in [1.165, 1.54) is 29.5 Å². The van der Waals surface area contributed by atoms with Gasteiger partial charge in [0.2, 0.25) is 15.9 Å². The molecule has 1 aromatic carbocycles. The fourth-order valence-electron chi connectivity index (χ4n) is 2.71. The minimum Gasteiger partial charge on any atom is -0.364 e. The van der Waals surface area contributed by atoms with Crippen molar-refractivity contribution < 1.29 is 18.0 Å². The van der Waals surface area contributed by atoms with Gasteiger partial charge in [0, 0.05) is 29.3 Å². The number of amides is 2. The Labute approximate surface area is 182 Å². The van der Waals surface area contributed by atoms with Crippen LogP contribution in [0.4, 0.5) is 5.13 Å². The van der Waals surface area contributed by atoms with E-state index in [1.807, 2.05) is 0 Å². The molecule has 2 heterocycles. The van der Waals surface area contributed by atoms with Crippen LogP contribution in [-0.4, -0.2) is 36.2 Å². The molecule has 2 aromatic heterocycles. The number of benzene rings is 1. The summed E-state index contributed by atoms with van der Waals surface area (Å²) in [7, 11) is -3.50. The van der Waals surface area contributed by atoms with E-state index >= 15 is 0 Å². The highest BCUT2D eigenvalue weighted by molar-refractivity contribution is 7.89. The number of hydrogen-bond acceptors (Lipinski definition) is 6. The van der Waals surface area contributed by atoms with Crippen LogP contribution in [0.2, 0.25) is 0 Å². The molecule has 0 saturated heterocycles. The van der Waals surface area contributed by atoms with E-state index < -0.39 is 15.9 Å². The maximum atomic E-state index is 12.2. The molecule has 0 spiro atoms. The van der Waals surface area contributed by atoms with Gasteiger partial charge in [-0.2, -0.15) is 0 Å². The van der Waals surface area contributed by atoms with Crippen molar-refractivity contribution in [2.24, 2.45) is 5.73 Å². The maximum Gasteiger partial charge on any atom is 0.265 e. The van der Waals surface area contributed by atoms with Crippen LogP contribution in [-0.2, 0) is 14.8 Å². The summed E-state index contributed by atoms with van der Waals surface area (Å²) in [4.78, 5) is 30.6. The van der Waals surface area contributed by atoms with Crippen molar-refractivity contribution in [2.45, 2.75) is 23.8 Å². The van der Waals surface area contributed by atoms with Crippen molar-refractivity contribution in [2.75, 3.05) is 5.32 Å². The number of aromatic nitrogens is 2. The fourth-order valence-corrected chi connectivity index (χ4v) is 4.74. The second-order valence-electron chi connectivity index (χ2n) is 6.99. The van der Waals surface area contributed by atoms with E-state index in [9.17, 15) is 18.0 Å². The lowest BCUT2D eigenvalue weighted by atomic mass is 10.2. The lowest BCUT2D eigenvalue weighted by Gasteiger charge is -2.05. The normalized spacial score (nSPS) is 14.1. The molecule has 9 nitrogen and oxygen atoms in total. The minimum atomic E-state index is -3.50. The van der Waals surface area contributed by atoms with Gasteiger partial charge in [0.05, 0.1) is 10.6 Å². The summed E-state index contributed by atoms with van der Waals surface area (Å²) in [6.45, 7) is 0. The molecule has 11 heteroatoms. The number of primary amides is 1. The second kappa shape index (κ2) is 8.46. The quantitative estimate of drug-likeness (QED) is 0.383. The first kappa shape index (κ1) is 21.0. The molecule has 0 bridgehead atoms. The third-order valence-corrected chi connectivity index (χ3v) is 6.79. The third kappa shape index (κ3) is 5.26. The monoisotopic (exact) mass is 457 g/mol. The van der Waals surface area contributed by atoms with Crippen molar-refractivity contribution in [1.82, 2.24) is 14.7 Å². The fraction of sp³-hybridized carbons (Fsp3) is 0.150. The first-order valence-corrected chi connectivity index (χ1v) is 11.7. The van der Waals surface area contributed by atoms with Crippen molar-refractivity contribution in [3.63, 3.8) is 0 Å². The lowest BCUT2D eigenvalue weighted by molar-refractivity contribution is -0.111. The standard InChI is InChI=1S/C20H19N5O4S2/c21-19(27)16-9-13(10-22-16)17-11-30-20(23-17)24-18(26)8-3-12-1-6-15(7-2-12)31(28,29)25-14-4-5-14/h1-3,6-11,14,22,25H,4-5H2,(H2,21,27)(H,23,24,26)/b8-3+. The van der Waals surface area contributed by atoms with Gasteiger partial charge in [0.1, 0.15) is 5.69 Å². The van der Waals surface area contributed by atoms with Gasteiger partial charge in [-0.1, -0.05) is 12.1 Å². The van der Waals surface area contributed by atoms with Crippen molar-refractivity contribution in [3.8, 4) is 11.3 Å².